The zero-order valence-corrected chi connectivity index (χ0v) is 28.0. The molecule has 0 unspecified atom stereocenters. The fraction of sp³-hybridized carbons (Fsp3) is 0.559. The third-order valence-electron chi connectivity index (χ3n) is 9.89. The lowest BCUT2D eigenvalue weighted by molar-refractivity contribution is -0.143. The summed E-state index contributed by atoms with van der Waals surface area (Å²) in [6.07, 6.45) is 2.76. The number of carbonyl (C=O) groups excluding carboxylic acids is 3. The number of urea groups is 1. The molecular weight excluding hydrogens is 654 g/mol. The number of aromatic hydroxyl groups is 1. The summed E-state index contributed by atoms with van der Waals surface area (Å²) >= 11 is 3.41. The summed E-state index contributed by atoms with van der Waals surface area (Å²) in [5, 5.41) is 13.3. The Balaban J connectivity index is 1.09. The average Bonchev–Trinajstić information content (AvgIpc) is 3.25. The molecule has 6 rings (SSSR count). The van der Waals surface area contributed by atoms with Crippen LogP contribution in [0.4, 0.5) is 15.3 Å². The van der Waals surface area contributed by atoms with E-state index in [2.05, 4.69) is 26.1 Å². The number of amides is 4. The van der Waals surface area contributed by atoms with Gasteiger partial charge in [0.1, 0.15) is 5.75 Å². The maximum Gasteiger partial charge on any atom is 0.410 e. The smallest absolute Gasteiger partial charge is 0.410 e. The van der Waals surface area contributed by atoms with Crippen molar-refractivity contribution >= 4 is 39.6 Å². The number of hydrogen-bond donors (Lipinski definition) is 2. The van der Waals surface area contributed by atoms with Gasteiger partial charge in [-0.2, -0.15) is 0 Å². The van der Waals surface area contributed by atoms with Crippen LogP contribution in [-0.4, -0.2) is 120 Å². The van der Waals surface area contributed by atoms with E-state index < -0.39 is 12.2 Å². The molecule has 248 valence electrons. The Morgan fingerprint density at radius 3 is 2.41 bits per heavy atom. The summed E-state index contributed by atoms with van der Waals surface area (Å²) < 4.78 is 12.1. The Morgan fingerprint density at radius 1 is 0.978 bits per heavy atom. The van der Waals surface area contributed by atoms with Gasteiger partial charge in [-0.05, 0) is 83.8 Å². The second-order valence-corrected chi connectivity index (χ2v) is 13.6. The first-order chi connectivity index (χ1) is 22.3. The maximum absolute atomic E-state index is 13.9. The number of hydrogen-bond acceptors (Lipinski definition) is 7. The minimum atomic E-state index is -0.995. The number of rotatable bonds is 6. The Kier molecular flexibility index (Phi) is 10.3. The van der Waals surface area contributed by atoms with Gasteiger partial charge in [0.25, 0.3) is 5.91 Å². The molecule has 3 saturated heterocycles. The molecule has 0 aromatic heterocycles. The molecule has 0 aliphatic carbocycles. The molecule has 2 aromatic carbocycles. The molecule has 0 bridgehead atoms. The molecule has 12 heteroatoms. The second kappa shape index (κ2) is 14.6. The zero-order chi connectivity index (χ0) is 32.2. The lowest BCUT2D eigenvalue weighted by Crippen LogP contribution is -2.56. The quantitative estimate of drug-likeness (QED) is 0.460. The monoisotopic (exact) mass is 697 g/mol. The number of nitrogens with zero attached hydrogens (tertiary/aromatic N) is 4. The molecule has 46 heavy (non-hydrogen) atoms. The normalized spacial score (nSPS) is 20.9. The molecule has 4 aliphatic rings. The van der Waals surface area contributed by atoms with Crippen LogP contribution < -0.4 is 5.32 Å². The number of aryl methyl sites for hydroxylation is 1. The third kappa shape index (κ3) is 7.44. The maximum atomic E-state index is 13.9. The summed E-state index contributed by atoms with van der Waals surface area (Å²) in [7, 11) is 0. The first kappa shape index (κ1) is 32.6. The van der Waals surface area contributed by atoms with Crippen LogP contribution in [0.1, 0.15) is 42.4 Å². The number of fused-ring (bicyclic) bond motifs is 1. The molecule has 11 nitrogen and oxygen atoms in total. The predicted molar refractivity (Wildman–Crippen MR) is 177 cm³/mol. The number of piperazine rings is 1. The topological polar surface area (TPSA) is 115 Å². The van der Waals surface area contributed by atoms with Crippen LogP contribution in [0.25, 0.3) is 0 Å². The average molecular weight is 699 g/mol. The molecule has 0 radical (unpaired) electrons. The number of para-hydroxylation sites is 1. The van der Waals surface area contributed by atoms with Crippen molar-refractivity contribution in [2.45, 2.75) is 63.6 Å². The minimum absolute atomic E-state index is 0.0140. The Labute approximate surface area is 278 Å². The largest absolute Gasteiger partial charge is 0.506 e. The van der Waals surface area contributed by atoms with Gasteiger partial charge < -0.3 is 34.6 Å². The highest BCUT2D eigenvalue weighted by Crippen LogP contribution is 2.30. The van der Waals surface area contributed by atoms with Gasteiger partial charge in [0, 0.05) is 83.2 Å². The molecule has 4 amide bonds. The van der Waals surface area contributed by atoms with Crippen molar-refractivity contribution < 1.29 is 29.0 Å². The minimum Gasteiger partial charge on any atom is -0.506 e. The number of anilines is 1. The standard InChI is InChI=1S/C34H44BrN5O6/c1-23-20-24(21-28(35)31(23)41)22-30(32(42)38-16-14-37(15-17-38)26-9-18-45-19-10-26)46-34(44)39-11-7-27(8-12-39)40-13-6-25-4-2-3-5-29(25)36-33(40)43/h2-5,20-21,26-27,30,41H,6-19,22H2,1H3,(H,36,43)/t30-/m1/s1. The first-order valence-electron chi connectivity index (χ1n) is 16.5. The van der Waals surface area contributed by atoms with Crippen LogP contribution >= 0.6 is 15.9 Å². The van der Waals surface area contributed by atoms with Crippen molar-refractivity contribution in [3.8, 4) is 5.75 Å². The number of piperidine rings is 1. The number of nitrogens with one attached hydrogen (secondary N) is 1. The summed E-state index contributed by atoms with van der Waals surface area (Å²) in [5.74, 6) is -0.0461. The lowest BCUT2D eigenvalue weighted by atomic mass is 10.0. The van der Waals surface area contributed by atoms with E-state index in [1.807, 2.05) is 40.1 Å². The van der Waals surface area contributed by atoms with Crippen LogP contribution in [0.5, 0.6) is 5.75 Å². The van der Waals surface area contributed by atoms with Crippen LogP contribution in [-0.2, 0) is 27.1 Å². The van der Waals surface area contributed by atoms with E-state index in [4.69, 9.17) is 9.47 Å². The SMILES string of the molecule is Cc1cc(C[C@@H](OC(=O)N2CCC(N3CCc4ccccc4NC3=O)CC2)C(=O)N2CCN(C3CCOCC3)CC2)cc(Br)c1O. The van der Waals surface area contributed by atoms with E-state index in [1.165, 1.54) is 0 Å². The fourth-order valence-corrected chi connectivity index (χ4v) is 7.78. The molecule has 0 spiro atoms. The second-order valence-electron chi connectivity index (χ2n) is 12.8. The number of phenols is 1. The fourth-order valence-electron chi connectivity index (χ4n) is 7.17. The predicted octanol–water partition coefficient (Wildman–Crippen LogP) is 4.39. The van der Waals surface area contributed by atoms with Gasteiger partial charge in [-0.25, -0.2) is 9.59 Å². The van der Waals surface area contributed by atoms with Gasteiger partial charge in [0.05, 0.1) is 4.47 Å². The highest BCUT2D eigenvalue weighted by Gasteiger charge is 2.36. The Morgan fingerprint density at radius 2 is 1.70 bits per heavy atom. The number of carbonyl (C=O) groups is 3. The number of ether oxygens (including phenoxy) is 2. The van der Waals surface area contributed by atoms with Crippen molar-refractivity contribution in [1.82, 2.24) is 19.6 Å². The van der Waals surface area contributed by atoms with E-state index in [1.54, 1.807) is 17.9 Å². The van der Waals surface area contributed by atoms with Crippen molar-refractivity contribution in [2.75, 3.05) is 64.3 Å². The molecular formula is C34H44BrN5O6. The Bertz CT molecular complexity index is 1400. The lowest BCUT2D eigenvalue weighted by Gasteiger charge is -2.41. The zero-order valence-electron chi connectivity index (χ0n) is 26.5. The van der Waals surface area contributed by atoms with Crippen molar-refractivity contribution in [3.63, 3.8) is 0 Å². The first-order valence-corrected chi connectivity index (χ1v) is 17.3. The van der Waals surface area contributed by atoms with E-state index in [-0.39, 0.29) is 30.2 Å². The van der Waals surface area contributed by atoms with E-state index in [0.29, 0.717) is 61.6 Å². The van der Waals surface area contributed by atoms with E-state index >= 15 is 0 Å². The van der Waals surface area contributed by atoms with Crippen molar-refractivity contribution in [1.29, 1.82) is 0 Å². The van der Waals surface area contributed by atoms with Crippen LogP contribution in [0, 0.1) is 6.92 Å². The highest BCUT2D eigenvalue weighted by atomic mass is 79.9. The van der Waals surface area contributed by atoms with Gasteiger partial charge >= 0.3 is 12.1 Å². The van der Waals surface area contributed by atoms with Gasteiger partial charge in [-0.15, -0.1) is 0 Å². The number of phenolic OH excluding ortho intramolecular Hbond substituents is 1. The molecule has 4 aliphatic heterocycles. The number of halogens is 1. The van der Waals surface area contributed by atoms with Gasteiger partial charge in [0.15, 0.2) is 6.10 Å². The van der Waals surface area contributed by atoms with Crippen LogP contribution in [0.3, 0.4) is 0 Å². The molecule has 3 fully saturated rings. The number of likely N-dealkylation sites (tertiary alicyclic amines) is 1. The molecule has 2 aromatic rings. The number of benzene rings is 2. The van der Waals surface area contributed by atoms with Crippen LogP contribution in [0.2, 0.25) is 0 Å². The third-order valence-corrected chi connectivity index (χ3v) is 10.5. The van der Waals surface area contributed by atoms with Crippen LogP contribution in [0.15, 0.2) is 40.9 Å². The highest BCUT2D eigenvalue weighted by molar-refractivity contribution is 9.10. The summed E-state index contributed by atoms with van der Waals surface area (Å²) in [6.45, 7) is 7.58. The summed E-state index contributed by atoms with van der Waals surface area (Å²) in [5.41, 5.74) is 3.44. The van der Waals surface area contributed by atoms with Gasteiger partial charge in [0.2, 0.25) is 0 Å². The van der Waals surface area contributed by atoms with Crippen molar-refractivity contribution in [3.05, 3.63) is 57.6 Å². The molecule has 1 atom stereocenters. The van der Waals surface area contributed by atoms with E-state index in [9.17, 15) is 19.5 Å². The Hall–Kier alpha value is -3.35. The van der Waals surface area contributed by atoms with Crippen molar-refractivity contribution in [2.24, 2.45) is 0 Å². The van der Waals surface area contributed by atoms with Gasteiger partial charge in [-0.3, -0.25) is 9.69 Å². The molecule has 4 heterocycles. The molecule has 0 saturated carbocycles. The summed E-state index contributed by atoms with van der Waals surface area (Å²) in [6, 6.07) is 11.9. The van der Waals surface area contributed by atoms with E-state index in [0.717, 1.165) is 62.4 Å². The molecule has 2 N–H and O–H groups in total. The summed E-state index contributed by atoms with van der Waals surface area (Å²) in [4.78, 5) is 48.4. The van der Waals surface area contributed by atoms with Gasteiger partial charge in [-0.1, -0.05) is 24.3 Å².